The molecular weight excluding hydrogens is 1840 g/mol. The molecule has 139 heavy (non-hydrogen) atoms. The summed E-state index contributed by atoms with van der Waals surface area (Å²) in [5.74, 6) is -3.71. The van der Waals surface area contributed by atoms with Crippen molar-refractivity contribution in [3.63, 3.8) is 0 Å². The first-order chi connectivity index (χ1) is 67.0. The Bertz CT molecular complexity index is 4490. The molecule has 51 nitrogen and oxygen atoms in total. The van der Waals surface area contributed by atoms with E-state index < -0.39 is 255 Å². The molecule has 6 aliphatic heterocycles. The highest BCUT2D eigenvalue weighted by molar-refractivity contribution is 5.93. The van der Waals surface area contributed by atoms with Crippen molar-refractivity contribution in [3.8, 4) is 0 Å². The number of likely N-dealkylation sites (tertiary alicyclic amines) is 2. The second-order valence-electron chi connectivity index (χ2n) is 37.3. The van der Waals surface area contributed by atoms with Gasteiger partial charge in [0.2, 0.25) is 11.8 Å². The lowest BCUT2D eigenvalue weighted by Gasteiger charge is -2.49. The van der Waals surface area contributed by atoms with Gasteiger partial charge in [0.05, 0.1) is 128 Å². The molecule has 10 heterocycles. The summed E-state index contributed by atoms with van der Waals surface area (Å²) in [7, 11) is 0. The lowest BCUT2D eigenvalue weighted by Crippen LogP contribution is -2.68. The van der Waals surface area contributed by atoms with Gasteiger partial charge < -0.3 is 163 Å². The largest absolute Gasteiger partial charge is 0.394 e. The van der Waals surface area contributed by atoms with E-state index >= 15 is 0 Å². The first-order valence-corrected chi connectivity index (χ1v) is 48.4. The van der Waals surface area contributed by atoms with E-state index in [1.54, 1.807) is 9.80 Å². The van der Waals surface area contributed by atoms with Crippen molar-refractivity contribution in [2.75, 3.05) is 92.2 Å². The Morgan fingerprint density at radius 3 is 1.14 bits per heavy atom. The first kappa shape index (κ1) is 106. The molecule has 0 bridgehead atoms. The zero-order valence-electron chi connectivity index (χ0n) is 77.8. The van der Waals surface area contributed by atoms with Crippen molar-refractivity contribution >= 4 is 35.4 Å². The van der Waals surface area contributed by atoms with Gasteiger partial charge in [0.25, 0.3) is 34.7 Å². The molecule has 18 N–H and O–H groups in total. The predicted octanol–water partition coefficient (Wildman–Crippen LogP) is -6.39. The van der Waals surface area contributed by atoms with Gasteiger partial charge in [-0.05, 0) is 89.9 Å². The Hall–Kier alpha value is -8.54. The van der Waals surface area contributed by atoms with Gasteiger partial charge in [-0.3, -0.25) is 48.3 Å². The summed E-state index contributed by atoms with van der Waals surface area (Å²) < 4.78 is 95.7. The van der Waals surface area contributed by atoms with Crippen molar-refractivity contribution < 1.29 is 151 Å². The molecule has 0 aromatic carbocycles. The van der Waals surface area contributed by atoms with Crippen molar-refractivity contribution in [2.24, 2.45) is 11.8 Å². The van der Waals surface area contributed by atoms with E-state index in [9.17, 15) is 99.0 Å². The van der Waals surface area contributed by atoms with Gasteiger partial charge in [0.1, 0.15) is 146 Å². The molecule has 4 aromatic rings. The van der Waals surface area contributed by atoms with Gasteiger partial charge in [-0.2, -0.15) is 0 Å². The quantitative estimate of drug-likeness (QED) is 0.0183. The van der Waals surface area contributed by atoms with E-state index in [4.69, 9.17) is 71.1 Å². The lowest BCUT2D eigenvalue weighted by molar-refractivity contribution is -0.334. The van der Waals surface area contributed by atoms with E-state index in [1.807, 2.05) is 9.97 Å². The third kappa shape index (κ3) is 28.5. The maximum atomic E-state index is 14.5. The van der Waals surface area contributed by atoms with E-state index in [0.717, 1.165) is 89.2 Å². The standard InChI is InChI=1S/C88H134N16O35/c1-45-67(111)71(115)73(117)85(130-45)138-75-51(89-79(119)53-35-61(107)95-87(123)91-53)17-9-19-55(75)134-83-65(77(69(113)59(41-105)136-83)132-57(81(121)101-21-11-22-101)33-47-13-5-3-6-14-47)93-63(109)39-103-37-49(97-99-103)43-128-31-29-126-27-25-125-26-28-127-30-32-129-44-50-38-104(100-98-50)40-64(110)94-66-78(133-58(82(122)102-23-12-24-102)34-48-15-7-4-8-16-48)70(114)60(42-106)137-84(66)135-56-20-10-18-52(90-80(120)54-36-62(108)96-88(124)92-54)76(56)139-86-74(118)72(116)68(112)46(2)131-86/h35-38,45-48,51-52,55-60,65-78,83-86,105-106,111-118H,3-34,39-44H2,1-2H3,(H,89,119)(H,90,120)(H,93,109)(H,94,110)(H2,91,95,107,123)(H2,92,96,108,124)/t45?,46?,51?,52?,55-,56-,57+,58+,59+,60+,65?,66?,67-,68-,69+,70+,71+,72+,73?,74?,75-,76-,77?,78?,83-,84-,85+,86+/m1/s1. The number of aliphatic hydroxyl groups is 10. The number of hydrogen-bond donors (Lipinski definition) is 18. The zero-order valence-corrected chi connectivity index (χ0v) is 77.8. The van der Waals surface area contributed by atoms with Gasteiger partial charge in [-0.25, -0.2) is 19.0 Å². The first-order valence-electron chi connectivity index (χ1n) is 48.4. The fraction of sp³-hybridized carbons (Fsp3) is 0.795. The third-order valence-electron chi connectivity index (χ3n) is 27.2. The summed E-state index contributed by atoms with van der Waals surface area (Å²) in [6.45, 7) is 3.63. The average molecular weight is 1980 g/mol. The minimum atomic E-state index is -1.84. The van der Waals surface area contributed by atoms with Crippen LogP contribution in [-0.2, 0) is 117 Å². The number of nitrogens with zero attached hydrogens (tertiary/aromatic N) is 8. The summed E-state index contributed by atoms with van der Waals surface area (Å²) in [6, 6.07) is -3.34. The number of ether oxygens (including phenoxy) is 15. The van der Waals surface area contributed by atoms with Crippen molar-refractivity contribution in [1.82, 2.24) is 81.0 Å². The molecule has 51 heteroatoms. The zero-order chi connectivity index (χ0) is 98.5. The second kappa shape index (κ2) is 51.1. The molecular formula is C88H134N16O35. The van der Waals surface area contributed by atoms with Crippen LogP contribution in [0.2, 0.25) is 0 Å². The molecule has 10 fully saturated rings. The number of H-pyrrole nitrogens is 4. The van der Waals surface area contributed by atoms with Gasteiger partial charge in [0.15, 0.2) is 25.2 Å². The monoisotopic (exact) mass is 1970 g/mol. The lowest BCUT2D eigenvalue weighted by atomic mass is 9.84. The molecule has 4 saturated carbocycles. The molecule has 10 unspecified atom stereocenters. The van der Waals surface area contributed by atoms with Crippen LogP contribution in [0, 0.1) is 11.8 Å². The van der Waals surface area contributed by atoms with Crippen molar-refractivity contribution in [1.29, 1.82) is 0 Å². The summed E-state index contributed by atoms with van der Waals surface area (Å²) >= 11 is 0. The van der Waals surface area contributed by atoms with Crippen molar-refractivity contribution in [2.45, 2.75) is 340 Å². The Morgan fingerprint density at radius 1 is 0.417 bits per heavy atom. The van der Waals surface area contributed by atoms with Gasteiger partial charge >= 0.3 is 11.4 Å². The number of carbonyl (C=O) groups is 6. The molecule has 4 aromatic heterocycles. The number of rotatable bonds is 46. The number of hydrogen-bond acceptors (Lipinski definition) is 39. The highest BCUT2D eigenvalue weighted by atomic mass is 16.8. The average Bonchev–Trinajstić information content (AvgIpc) is 1.41. The molecule has 6 amide bonds. The Balaban J connectivity index is 0.543. The van der Waals surface area contributed by atoms with E-state index in [1.165, 1.54) is 35.6 Å². The van der Waals surface area contributed by atoms with Crippen molar-refractivity contribution in [3.05, 3.63) is 89.0 Å². The third-order valence-corrected chi connectivity index (χ3v) is 27.2. The summed E-state index contributed by atoms with van der Waals surface area (Å²) in [4.78, 5) is 147. The number of carbonyl (C=O) groups excluding carboxylic acids is 6. The van der Waals surface area contributed by atoms with Crippen LogP contribution < -0.4 is 43.8 Å². The van der Waals surface area contributed by atoms with Crippen LogP contribution in [0.1, 0.15) is 175 Å². The topological polar surface area (TPSA) is 691 Å². The number of amides is 6. The molecule has 4 aliphatic carbocycles. The van der Waals surface area contributed by atoms with Crippen LogP contribution in [0.3, 0.4) is 0 Å². The van der Waals surface area contributed by atoms with E-state index in [2.05, 4.69) is 51.9 Å². The number of aliphatic hydroxyl groups excluding tert-OH is 10. The smallest absolute Gasteiger partial charge is 0.326 e. The minimum Gasteiger partial charge on any atom is -0.394 e. The molecule has 28 atom stereocenters. The SMILES string of the molecule is CC1O[C@@H](O[C@@H]2C(NC(=O)c3cc(=O)[nH]c(=O)[nH]3)CCC[C@H]2O[C@@H]2O[C@@H](CO)[C@H](O)C(O[C@@H](CC3CCCCC3)C(=O)N3CCC3)C2NC(=O)Cn2cc(COCCOCCOCCOCCOCc3cn(CC(=O)NC4C(O[C@@H](CC5CCCCC5)C(=O)N5CCC5)[C@@H](O)[C@H](CO)O[C@H]4O[C@@H]4CCCC(NC(=O)c5cc(=O)[nH]c(=O)[nH]5)[C@H]4O[C@@H]4OC(C)[C@@H](O)[C@H](O)C4O)nn3)nn2)C(O)[C@@H](O)[C@@H]1O. The second-order valence-corrected chi connectivity index (χ2v) is 37.3. The van der Waals surface area contributed by atoms with E-state index in [-0.39, 0.29) is 115 Å². The molecule has 0 spiro atoms. The molecule has 10 aliphatic rings. The summed E-state index contributed by atoms with van der Waals surface area (Å²) in [5.41, 5.74) is -3.79. The van der Waals surface area contributed by atoms with Gasteiger partial charge in [-0.15, -0.1) is 10.2 Å². The number of aromatic amines is 4. The Labute approximate surface area is 797 Å². The minimum absolute atomic E-state index is 0.0403. The fourth-order valence-electron chi connectivity index (χ4n) is 19.4. The number of aromatic nitrogens is 10. The Kier molecular flexibility index (Phi) is 39.1. The van der Waals surface area contributed by atoms with Crippen LogP contribution in [0.4, 0.5) is 0 Å². The Morgan fingerprint density at radius 2 is 0.791 bits per heavy atom. The van der Waals surface area contributed by atoms with Crippen LogP contribution in [0.5, 0.6) is 0 Å². The van der Waals surface area contributed by atoms with Crippen LogP contribution >= 0.6 is 0 Å². The molecule has 0 radical (unpaired) electrons. The molecule has 6 saturated heterocycles. The van der Waals surface area contributed by atoms with Crippen LogP contribution in [0.25, 0.3) is 0 Å². The predicted molar refractivity (Wildman–Crippen MR) is 471 cm³/mol. The summed E-state index contributed by atoms with van der Waals surface area (Å²) in [6.07, 6.45) is -20.1. The van der Waals surface area contributed by atoms with Crippen LogP contribution in [0.15, 0.2) is 43.7 Å². The fourth-order valence-corrected chi connectivity index (χ4v) is 19.4. The molecule has 776 valence electrons. The van der Waals surface area contributed by atoms with Gasteiger partial charge in [0, 0.05) is 38.3 Å². The van der Waals surface area contributed by atoms with Crippen LogP contribution in [-0.4, -0.2) is 410 Å². The normalized spacial score (nSPS) is 32.5. The highest BCUT2D eigenvalue weighted by Crippen LogP contribution is 2.40. The van der Waals surface area contributed by atoms with Gasteiger partial charge in [-0.1, -0.05) is 74.6 Å². The maximum absolute atomic E-state index is 14.5. The molecule has 14 rings (SSSR count). The summed E-state index contributed by atoms with van der Waals surface area (Å²) in [5, 5.41) is 140. The van der Waals surface area contributed by atoms with E-state index in [0.29, 0.717) is 63.3 Å². The number of nitrogens with one attached hydrogen (secondary N) is 8. The highest BCUT2D eigenvalue weighted by Gasteiger charge is 2.56. The maximum Gasteiger partial charge on any atom is 0.326 e.